The maximum atomic E-state index is 12.2. The number of hydrogen-bond donors (Lipinski definition) is 1. The average molecular weight is 311 g/mol. The van der Waals surface area contributed by atoms with Crippen molar-refractivity contribution in [3.05, 3.63) is 33.8 Å². The highest BCUT2D eigenvalue weighted by Crippen LogP contribution is 2.26. The van der Waals surface area contributed by atoms with Gasteiger partial charge in [-0.15, -0.1) is 0 Å². The number of halogens is 1. The molecule has 5 heteroatoms. The second-order valence-corrected chi connectivity index (χ2v) is 6.74. The van der Waals surface area contributed by atoms with Gasteiger partial charge in [-0.2, -0.15) is 0 Å². The number of nitrogens with two attached hydrogens (primary N) is 1. The summed E-state index contributed by atoms with van der Waals surface area (Å²) in [6.07, 6.45) is 1.32. The van der Waals surface area contributed by atoms with E-state index in [0.29, 0.717) is 24.7 Å². The van der Waals surface area contributed by atoms with Gasteiger partial charge in [0.05, 0.1) is 0 Å². The van der Waals surface area contributed by atoms with Crippen LogP contribution in [0.3, 0.4) is 0 Å². The average Bonchev–Trinajstić information content (AvgIpc) is 2.59. The fourth-order valence-electron chi connectivity index (χ4n) is 2.60. The van der Waals surface area contributed by atoms with Gasteiger partial charge < -0.3 is 15.4 Å². The number of rotatable bonds is 1. The van der Waals surface area contributed by atoms with Crippen molar-refractivity contribution in [3.63, 3.8) is 0 Å². The van der Waals surface area contributed by atoms with Crippen molar-refractivity contribution < 1.29 is 9.53 Å². The SMILES string of the molecule is CC(C)(C)OC(=O)N1CCc2ccc(Cl)c(CN)c2CC1. The molecule has 0 aromatic heterocycles. The minimum atomic E-state index is -0.470. The molecule has 1 heterocycles. The molecule has 2 rings (SSSR count). The van der Waals surface area contributed by atoms with Gasteiger partial charge in [-0.25, -0.2) is 4.79 Å². The molecule has 1 aliphatic rings. The van der Waals surface area contributed by atoms with Crippen LogP contribution in [0.5, 0.6) is 0 Å². The molecule has 116 valence electrons. The number of fused-ring (bicyclic) bond motifs is 1. The van der Waals surface area contributed by atoms with Crippen molar-refractivity contribution in [2.75, 3.05) is 13.1 Å². The highest BCUT2D eigenvalue weighted by molar-refractivity contribution is 6.31. The molecule has 4 nitrogen and oxygen atoms in total. The first-order chi connectivity index (χ1) is 9.81. The van der Waals surface area contributed by atoms with Gasteiger partial charge in [-0.3, -0.25) is 0 Å². The summed E-state index contributed by atoms with van der Waals surface area (Å²) < 4.78 is 5.45. The Morgan fingerprint density at radius 2 is 2.00 bits per heavy atom. The summed E-state index contributed by atoms with van der Waals surface area (Å²) in [5.41, 5.74) is 8.76. The highest BCUT2D eigenvalue weighted by atomic mass is 35.5. The molecular weight excluding hydrogens is 288 g/mol. The van der Waals surface area contributed by atoms with E-state index in [0.717, 1.165) is 18.4 Å². The number of ether oxygens (including phenoxy) is 1. The third-order valence-electron chi connectivity index (χ3n) is 3.61. The third kappa shape index (κ3) is 3.89. The van der Waals surface area contributed by atoms with Gasteiger partial charge in [-0.05, 0) is 56.4 Å². The number of hydrogen-bond acceptors (Lipinski definition) is 3. The van der Waals surface area contributed by atoms with Crippen LogP contribution in [0.15, 0.2) is 12.1 Å². The van der Waals surface area contributed by atoms with Crippen LogP contribution in [0.1, 0.15) is 37.5 Å². The van der Waals surface area contributed by atoms with Crippen LogP contribution in [0, 0.1) is 0 Å². The second kappa shape index (κ2) is 6.24. The fourth-order valence-corrected chi connectivity index (χ4v) is 2.86. The van der Waals surface area contributed by atoms with Gasteiger partial charge in [0.1, 0.15) is 5.60 Å². The summed E-state index contributed by atoms with van der Waals surface area (Å²) in [6, 6.07) is 3.93. The van der Waals surface area contributed by atoms with E-state index in [-0.39, 0.29) is 6.09 Å². The van der Waals surface area contributed by atoms with Crippen LogP contribution in [-0.4, -0.2) is 29.7 Å². The smallest absolute Gasteiger partial charge is 0.410 e. The molecule has 1 aromatic carbocycles. The summed E-state index contributed by atoms with van der Waals surface area (Å²) in [5.74, 6) is 0. The Morgan fingerprint density at radius 1 is 1.33 bits per heavy atom. The van der Waals surface area contributed by atoms with Gasteiger partial charge >= 0.3 is 6.09 Å². The molecule has 1 aliphatic heterocycles. The van der Waals surface area contributed by atoms with Gasteiger partial charge in [-0.1, -0.05) is 17.7 Å². The van der Waals surface area contributed by atoms with Crippen LogP contribution < -0.4 is 5.73 Å². The molecule has 1 amide bonds. The van der Waals surface area contributed by atoms with Gasteiger partial charge in [0, 0.05) is 24.7 Å². The molecule has 0 bridgehead atoms. The molecular formula is C16H23ClN2O2. The molecule has 0 saturated carbocycles. The molecule has 0 radical (unpaired) electrons. The maximum Gasteiger partial charge on any atom is 0.410 e. The zero-order chi connectivity index (χ0) is 15.6. The van der Waals surface area contributed by atoms with Crippen LogP contribution >= 0.6 is 11.6 Å². The molecule has 0 aliphatic carbocycles. The summed E-state index contributed by atoms with van der Waals surface area (Å²) in [6.45, 7) is 7.36. The van der Waals surface area contributed by atoms with Crippen LogP contribution in [-0.2, 0) is 24.1 Å². The number of benzene rings is 1. The molecule has 0 unspecified atom stereocenters. The van der Waals surface area contributed by atoms with Crippen LogP contribution in [0.4, 0.5) is 4.79 Å². The Morgan fingerprint density at radius 3 is 2.62 bits per heavy atom. The summed E-state index contributed by atoms with van der Waals surface area (Å²) in [7, 11) is 0. The largest absolute Gasteiger partial charge is 0.444 e. The summed E-state index contributed by atoms with van der Waals surface area (Å²) in [4.78, 5) is 14.0. The summed E-state index contributed by atoms with van der Waals surface area (Å²) in [5, 5.41) is 0.710. The molecule has 0 saturated heterocycles. The molecule has 21 heavy (non-hydrogen) atoms. The molecule has 0 fully saturated rings. The zero-order valence-electron chi connectivity index (χ0n) is 12.9. The van der Waals surface area contributed by atoms with E-state index in [1.165, 1.54) is 11.1 Å². The standard InChI is InChI=1S/C16H23ClN2O2/c1-16(2,3)21-15(20)19-8-6-11-4-5-14(17)13(10-18)12(11)7-9-19/h4-5H,6-10,18H2,1-3H3. The Bertz CT molecular complexity index is 538. The number of carbonyl (C=O) groups is 1. The van der Waals surface area contributed by atoms with E-state index >= 15 is 0 Å². The van der Waals surface area contributed by atoms with Gasteiger partial charge in [0.25, 0.3) is 0 Å². The first-order valence-corrected chi connectivity index (χ1v) is 7.66. The number of carbonyl (C=O) groups excluding carboxylic acids is 1. The van der Waals surface area contributed by atoms with E-state index in [9.17, 15) is 4.79 Å². The third-order valence-corrected chi connectivity index (χ3v) is 3.96. The Balaban J connectivity index is 2.16. The predicted molar refractivity (Wildman–Crippen MR) is 84.6 cm³/mol. The Kier molecular flexibility index (Phi) is 4.79. The van der Waals surface area contributed by atoms with E-state index < -0.39 is 5.60 Å². The number of nitrogens with zero attached hydrogens (tertiary/aromatic N) is 1. The minimum Gasteiger partial charge on any atom is -0.444 e. The Hall–Kier alpha value is -1.26. The zero-order valence-corrected chi connectivity index (χ0v) is 13.7. The highest BCUT2D eigenvalue weighted by Gasteiger charge is 2.25. The topological polar surface area (TPSA) is 55.6 Å². The minimum absolute atomic E-state index is 0.254. The quantitative estimate of drug-likeness (QED) is 0.867. The second-order valence-electron chi connectivity index (χ2n) is 6.34. The van der Waals surface area contributed by atoms with Crippen molar-refractivity contribution in [2.24, 2.45) is 5.73 Å². The normalized spacial score (nSPS) is 15.4. The lowest BCUT2D eigenvalue weighted by molar-refractivity contribution is 0.0258. The lowest BCUT2D eigenvalue weighted by Crippen LogP contribution is -2.38. The van der Waals surface area contributed by atoms with Crippen molar-refractivity contribution in [1.82, 2.24) is 4.90 Å². The van der Waals surface area contributed by atoms with Crippen molar-refractivity contribution in [3.8, 4) is 0 Å². The van der Waals surface area contributed by atoms with E-state index in [4.69, 9.17) is 22.1 Å². The van der Waals surface area contributed by atoms with E-state index in [2.05, 4.69) is 0 Å². The molecule has 2 N–H and O–H groups in total. The van der Waals surface area contributed by atoms with E-state index in [1.807, 2.05) is 32.9 Å². The van der Waals surface area contributed by atoms with E-state index in [1.54, 1.807) is 4.90 Å². The lowest BCUT2D eigenvalue weighted by atomic mass is 9.97. The van der Waals surface area contributed by atoms with Crippen molar-refractivity contribution in [2.45, 2.75) is 45.8 Å². The number of amides is 1. The maximum absolute atomic E-state index is 12.2. The molecule has 1 aromatic rings. The van der Waals surface area contributed by atoms with Gasteiger partial charge in [0.2, 0.25) is 0 Å². The van der Waals surface area contributed by atoms with Crippen molar-refractivity contribution in [1.29, 1.82) is 0 Å². The fraction of sp³-hybridized carbons (Fsp3) is 0.562. The van der Waals surface area contributed by atoms with Gasteiger partial charge in [0.15, 0.2) is 0 Å². The van der Waals surface area contributed by atoms with Crippen LogP contribution in [0.2, 0.25) is 5.02 Å². The first-order valence-electron chi connectivity index (χ1n) is 7.29. The first kappa shape index (κ1) is 16.1. The van der Waals surface area contributed by atoms with Crippen LogP contribution in [0.25, 0.3) is 0 Å². The summed E-state index contributed by atoms with van der Waals surface area (Å²) >= 11 is 6.22. The monoisotopic (exact) mass is 310 g/mol. The Labute approximate surface area is 131 Å². The predicted octanol–water partition coefficient (Wildman–Crippen LogP) is 3.13. The van der Waals surface area contributed by atoms with Crippen molar-refractivity contribution >= 4 is 17.7 Å². The molecule has 0 spiro atoms. The molecule has 0 atom stereocenters. The lowest BCUT2D eigenvalue weighted by Gasteiger charge is -2.26.